The largest absolute Gasteiger partial charge is 0.341 e. The number of amides is 1. The first kappa shape index (κ1) is 13.1. The zero-order valence-electron chi connectivity index (χ0n) is 10.9. The number of carbonyl (C=O) groups is 1. The van der Waals surface area contributed by atoms with Crippen molar-refractivity contribution >= 4 is 5.91 Å². The smallest absolute Gasteiger partial charge is 0.225 e. The van der Waals surface area contributed by atoms with E-state index < -0.39 is 0 Å². The van der Waals surface area contributed by atoms with Crippen molar-refractivity contribution in [3.05, 3.63) is 35.6 Å². The van der Waals surface area contributed by atoms with Gasteiger partial charge in [0, 0.05) is 19.5 Å². The fourth-order valence-corrected chi connectivity index (χ4v) is 2.65. The van der Waals surface area contributed by atoms with Crippen LogP contribution in [-0.4, -0.2) is 17.9 Å². The Kier molecular flexibility index (Phi) is 4.34. The predicted octanol–water partition coefficient (Wildman–Crippen LogP) is 3.36. The minimum absolute atomic E-state index is 0.178. The number of nitrogens with zero attached hydrogens (tertiary/aromatic N) is 1. The predicted molar refractivity (Wildman–Crippen MR) is 69.4 cm³/mol. The van der Waals surface area contributed by atoms with Crippen molar-refractivity contribution in [2.75, 3.05) is 7.05 Å². The van der Waals surface area contributed by atoms with Crippen LogP contribution in [0.4, 0.5) is 4.39 Å². The standard InChI is InChI=1S/C15H20FNO/c1-17(11-12-6-5-9-14(16)10-12)15(18)13-7-3-2-4-8-13/h5-6,9-10,13H,2-4,7-8,11H2,1H3. The lowest BCUT2D eigenvalue weighted by atomic mass is 9.88. The van der Waals surface area contributed by atoms with Gasteiger partial charge in [-0.15, -0.1) is 0 Å². The molecule has 0 unspecified atom stereocenters. The van der Waals surface area contributed by atoms with Crippen LogP contribution in [-0.2, 0) is 11.3 Å². The van der Waals surface area contributed by atoms with E-state index in [2.05, 4.69) is 0 Å². The third-order valence-corrected chi connectivity index (χ3v) is 3.64. The highest BCUT2D eigenvalue weighted by Crippen LogP contribution is 2.25. The first-order valence-corrected chi connectivity index (χ1v) is 6.66. The van der Waals surface area contributed by atoms with Crippen LogP contribution in [0, 0.1) is 11.7 Å². The first-order chi connectivity index (χ1) is 8.66. The Bertz CT molecular complexity index is 413. The van der Waals surface area contributed by atoms with Gasteiger partial charge in [-0.25, -0.2) is 4.39 Å². The lowest BCUT2D eigenvalue weighted by molar-refractivity contribution is -0.135. The normalized spacial score (nSPS) is 16.6. The average molecular weight is 249 g/mol. The van der Waals surface area contributed by atoms with Gasteiger partial charge in [-0.1, -0.05) is 31.4 Å². The van der Waals surface area contributed by atoms with E-state index in [0.717, 1.165) is 31.2 Å². The molecule has 1 aromatic rings. The number of benzene rings is 1. The quantitative estimate of drug-likeness (QED) is 0.804. The molecular formula is C15H20FNO. The van der Waals surface area contributed by atoms with E-state index in [-0.39, 0.29) is 17.6 Å². The fourth-order valence-electron chi connectivity index (χ4n) is 2.65. The average Bonchev–Trinajstić information content (AvgIpc) is 2.39. The highest BCUT2D eigenvalue weighted by molar-refractivity contribution is 5.78. The molecule has 1 saturated carbocycles. The van der Waals surface area contributed by atoms with E-state index in [0.29, 0.717) is 6.54 Å². The fraction of sp³-hybridized carbons (Fsp3) is 0.533. The molecule has 1 aromatic carbocycles. The van der Waals surface area contributed by atoms with E-state index in [1.54, 1.807) is 11.0 Å². The van der Waals surface area contributed by atoms with Crippen LogP contribution >= 0.6 is 0 Å². The third-order valence-electron chi connectivity index (χ3n) is 3.64. The molecule has 2 rings (SSSR count). The molecule has 0 aliphatic heterocycles. The number of hydrogen-bond acceptors (Lipinski definition) is 1. The maximum Gasteiger partial charge on any atom is 0.225 e. The minimum Gasteiger partial charge on any atom is -0.341 e. The van der Waals surface area contributed by atoms with Gasteiger partial charge in [0.15, 0.2) is 0 Å². The van der Waals surface area contributed by atoms with E-state index >= 15 is 0 Å². The van der Waals surface area contributed by atoms with Crippen molar-refractivity contribution in [1.82, 2.24) is 4.90 Å². The summed E-state index contributed by atoms with van der Waals surface area (Å²) in [5.74, 6) is 0.141. The Morgan fingerprint density at radius 3 is 2.72 bits per heavy atom. The number of hydrogen-bond donors (Lipinski definition) is 0. The summed E-state index contributed by atoms with van der Waals surface area (Å²) in [4.78, 5) is 13.9. The van der Waals surface area contributed by atoms with Crippen molar-refractivity contribution in [2.45, 2.75) is 38.6 Å². The monoisotopic (exact) mass is 249 g/mol. The van der Waals surface area contributed by atoms with Crippen molar-refractivity contribution in [3.8, 4) is 0 Å². The topological polar surface area (TPSA) is 20.3 Å². The third kappa shape index (κ3) is 3.31. The molecule has 1 aliphatic carbocycles. The van der Waals surface area contributed by atoms with Crippen molar-refractivity contribution in [3.63, 3.8) is 0 Å². The van der Waals surface area contributed by atoms with Crippen molar-refractivity contribution < 1.29 is 9.18 Å². The first-order valence-electron chi connectivity index (χ1n) is 6.66. The van der Waals surface area contributed by atoms with Gasteiger partial charge in [-0.3, -0.25) is 4.79 Å². The van der Waals surface area contributed by atoms with Crippen LogP contribution in [0.1, 0.15) is 37.7 Å². The maximum atomic E-state index is 13.1. The Morgan fingerprint density at radius 2 is 2.06 bits per heavy atom. The molecule has 98 valence electrons. The van der Waals surface area contributed by atoms with Crippen LogP contribution in [0.25, 0.3) is 0 Å². The summed E-state index contributed by atoms with van der Waals surface area (Å²) in [6.45, 7) is 0.493. The number of carbonyl (C=O) groups excluding carboxylic acids is 1. The molecular weight excluding hydrogens is 229 g/mol. The van der Waals surface area contributed by atoms with Gasteiger partial charge in [-0.2, -0.15) is 0 Å². The van der Waals surface area contributed by atoms with Crippen molar-refractivity contribution in [2.24, 2.45) is 5.92 Å². The summed E-state index contributed by atoms with van der Waals surface area (Å²) >= 11 is 0. The van der Waals surface area contributed by atoms with E-state index in [1.165, 1.54) is 18.6 Å². The summed E-state index contributed by atoms with van der Waals surface area (Å²) in [6, 6.07) is 6.45. The van der Waals surface area contributed by atoms with Crippen LogP contribution in [0.3, 0.4) is 0 Å². The van der Waals surface area contributed by atoms with Gasteiger partial charge >= 0.3 is 0 Å². The molecule has 0 N–H and O–H groups in total. The molecule has 0 aromatic heterocycles. The summed E-state index contributed by atoms with van der Waals surface area (Å²) in [5.41, 5.74) is 0.849. The maximum absolute atomic E-state index is 13.1. The van der Waals surface area contributed by atoms with Gasteiger partial charge < -0.3 is 4.90 Å². The molecule has 0 bridgehead atoms. The lowest BCUT2D eigenvalue weighted by Crippen LogP contribution is -2.33. The highest BCUT2D eigenvalue weighted by atomic mass is 19.1. The van der Waals surface area contributed by atoms with E-state index in [9.17, 15) is 9.18 Å². The second kappa shape index (κ2) is 5.98. The van der Waals surface area contributed by atoms with Gasteiger partial charge in [0.2, 0.25) is 5.91 Å². The van der Waals surface area contributed by atoms with Crippen molar-refractivity contribution in [1.29, 1.82) is 0 Å². The van der Waals surface area contributed by atoms with Crippen LogP contribution in [0.5, 0.6) is 0 Å². The molecule has 1 amide bonds. The van der Waals surface area contributed by atoms with Gasteiger partial charge in [0.1, 0.15) is 5.82 Å². The summed E-state index contributed by atoms with van der Waals surface area (Å²) < 4.78 is 13.1. The molecule has 0 atom stereocenters. The van der Waals surface area contributed by atoms with Gasteiger partial charge in [-0.05, 0) is 30.5 Å². The van der Waals surface area contributed by atoms with Crippen LogP contribution < -0.4 is 0 Å². The number of rotatable bonds is 3. The highest BCUT2D eigenvalue weighted by Gasteiger charge is 2.23. The molecule has 1 fully saturated rings. The zero-order valence-corrected chi connectivity index (χ0v) is 10.9. The molecule has 0 saturated heterocycles. The zero-order chi connectivity index (χ0) is 13.0. The lowest BCUT2D eigenvalue weighted by Gasteiger charge is -2.26. The molecule has 0 spiro atoms. The second-order valence-electron chi connectivity index (χ2n) is 5.16. The molecule has 0 heterocycles. The Hall–Kier alpha value is -1.38. The second-order valence-corrected chi connectivity index (χ2v) is 5.16. The molecule has 2 nitrogen and oxygen atoms in total. The summed E-state index contributed by atoms with van der Waals surface area (Å²) in [7, 11) is 1.81. The van der Waals surface area contributed by atoms with Gasteiger partial charge in [0.05, 0.1) is 0 Å². The number of halogens is 1. The Balaban J connectivity index is 1.94. The Labute approximate surface area is 108 Å². The SMILES string of the molecule is CN(Cc1cccc(F)c1)C(=O)C1CCCCC1. The molecule has 0 radical (unpaired) electrons. The van der Waals surface area contributed by atoms with E-state index in [4.69, 9.17) is 0 Å². The molecule has 18 heavy (non-hydrogen) atoms. The summed E-state index contributed by atoms with van der Waals surface area (Å²) in [6.07, 6.45) is 5.57. The van der Waals surface area contributed by atoms with Crippen LogP contribution in [0.2, 0.25) is 0 Å². The van der Waals surface area contributed by atoms with E-state index in [1.807, 2.05) is 13.1 Å². The summed E-state index contributed by atoms with van der Waals surface area (Å²) in [5, 5.41) is 0. The Morgan fingerprint density at radius 1 is 1.33 bits per heavy atom. The van der Waals surface area contributed by atoms with Gasteiger partial charge in [0.25, 0.3) is 0 Å². The molecule has 3 heteroatoms. The minimum atomic E-state index is -0.244. The van der Waals surface area contributed by atoms with Crippen LogP contribution in [0.15, 0.2) is 24.3 Å². The molecule has 1 aliphatic rings.